The molecule has 70 heavy (non-hydrogen) atoms. The van der Waals surface area contributed by atoms with Gasteiger partial charge in [-0.3, -0.25) is 0 Å². The van der Waals surface area contributed by atoms with Crippen molar-refractivity contribution in [1.82, 2.24) is 13.7 Å². The van der Waals surface area contributed by atoms with E-state index in [0.717, 1.165) is 28.1 Å². The van der Waals surface area contributed by atoms with Crippen LogP contribution in [0.4, 0.5) is 0 Å². The third-order valence-electron chi connectivity index (χ3n) is 14.8. The van der Waals surface area contributed by atoms with Gasteiger partial charge < -0.3 is 13.7 Å². The van der Waals surface area contributed by atoms with E-state index in [0.29, 0.717) is 0 Å². The number of benzene rings is 11. The molecule has 0 saturated carbocycles. The molecule has 4 heteroatoms. The van der Waals surface area contributed by atoms with E-state index < -0.39 is 8.07 Å². The summed E-state index contributed by atoms with van der Waals surface area (Å²) < 4.78 is 7.54. The Morgan fingerprint density at radius 2 is 0.614 bits per heavy atom. The van der Waals surface area contributed by atoms with Gasteiger partial charge in [0.2, 0.25) is 0 Å². The number of nitrogens with zero attached hydrogens (tertiary/aromatic N) is 3. The molecule has 11 aromatic carbocycles. The largest absolute Gasteiger partial charge is 0.309 e. The topological polar surface area (TPSA) is 14.8 Å². The number of fused-ring (bicyclic) bond motifs is 9. The fraction of sp³-hybridized carbons (Fsp3) is 0. The summed E-state index contributed by atoms with van der Waals surface area (Å²) in [6.07, 6.45) is 0. The quantitative estimate of drug-likeness (QED) is 0.107. The number of hydrogen-bond donors (Lipinski definition) is 0. The number of rotatable bonds is 8. The Morgan fingerprint density at radius 3 is 1.13 bits per heavy atom. The molecule has 0 aliphatic rings. The van der Waals surface area contributed by atoms with Crippen LogP contribution in [0.25, 0.3) is 93.6 Å². The van der Waals surface area contributed by atoms with E-state index in [1.807, 2.05) is 0 Å². The van der Waals surface area contributed by atoms with Gasteiger partial charge in [-0.15, -0.1) is 0 Å². The second-order valence-electron chi connectivity index (χ2n) is 18.4. The number of hydrogen-bond acceptors (Lipinski definition) is 0. The minimum Gasteiger partial charge on any atom is -0.309 e. The van der Waals surface area contributed by atoms with Crippen molar-refractivity contribution in [3.63, 3.8) is 0 Å². The van der Waals surface area contributed by atoms with E-state index in [1.165, 1.54) is 86.3 Å². The van der Waals surface area contributed by atoms with E-state index in [4.69, 9.17) is 0 Å². The third-order valence-corrected chi connectivity index (χ3v) is 19.5. The lowest BCUT2D eigenvalue weighted by molar-refractivity contribution is 1.13. The Hall–Kier alpha value is -8.96. The summed E-state index contributed by atoms with van der Waals surface area (Å²) in [5.41, 5.74) is 12.8. The Bertz CT molecular complexity index is 4110. The monoisotopic (exact) mass is 907 g/mol. The second-order valence-corrected chi connectivity index (χ2v) is 22.2. The van der Waals surface area contributed by atoms with Crippen LogP contribution in [0.3, 0.4) is 0 Å². The molecule has 0 fully saturated rings. The Kier molecular flexibility index (Phi) is 9.23. The first kappa shape index (κ1) is 40.1. The maximum Gasteiger partial charge on any atom is 0.179 e. The molecule has 3 aromatic heterocycles. The van der Waals surface area contributed by atoms with Crippen molar-refractivity contribution >= 4 is 94.2 Å². The van der Waals surface area contributed by atoms with Crippen LogP contribution in [-0.2, 0) is 0 Å². The summed E-state index contributed by atoms with van der Waals surface area (Å²) in [5, 5.41) is 12.7. The summed E-state index contributed by atoms with van der Waals surface area (Å²) in [4.78, 5) is 0. The van der Waals surface area contributed by atoms with Gasteiger partial charge in [-0.05, 0) is 86.5 Å². The normalized spacial score (nSPS) is 12.0. The molecule has 14 aromatic rings. The van der Waals surface area contributed by atoms with Gasteiger partial charge in [0.1, 0.15) is 0 Å². The molecule has 0 atom stereocenters. The van der Waals surface area contributed by atoms with Gasteiger partial charge in [0.25, 0.3) is 0 Å². The molecule has 0 radical (unpaired) electrons. The van der Waals surface area contributed by atoms with Crippen molar-refractivity contribution < 1.29 is 0 Å². The van der Waals surface area contributed by atoms with Crippen LogP contribution < -0.4 is 20.7 Å². The van der Waals surface area contributed by atoms with Crippen molar-refractivity contribution in [2.75, 3.05) is 0 Å². The molecule has 14 rings (SSSR count). The molecule has 0 unspecified atom stereocenters. The first-order chi connectivity index (χ1) is 34.8. The van der Waals surface area contributed by atoms with E-state index in [2.05, 4.69) is 287 Å². The molecule has 0 spiro atoms. The van der Waals surface area contributed by atoms with Crippen LogP contribution in [0.1, 0.15) is 0 Å². The molecule has 0 saturated heterocycles. The van der Waals surface area contributed by atoms with Crippen LogP contribution >= 0.6 is 0 Å². The van der Waals surface area contributed by atoms with Crippen LogP contribution in [0.15, 0.2) is 273 Å². The average molecular weight is 908 g/mol. The molecule has 3 heterocycles. The van der Waals surface area contributed by atoms with Gasteiger partial charge in [-0.1, -0.05) is 218 Å². The summed E-state index contributed by atoms with van der Waals surface area (Å²) in [7, 11) is -3.01. The van der Waals surface area contributed by atoms with E-state index in [1.54, 1.807) is 0 Å². The molecule has 0 aliphatic carbocycles. The van der Waals surface area contributed by atoms with Crippen molar-refractivity contribution in [3.8, 4) is 28.2 Å². The predicted molar refractivity (Wildman–Crippen MR) is 299 cm³/mol. The second kappa shape index (κ2) is 16.1. The van der Waals surface area contributed by atoms with Gasteiger partial charge in [0.05, 0.1) is 38.8 Å². The standard InChI is InChI=1S/C66H45N3Si/c1-5-21-46(22-6-1)47-37-39-48(40-38-47)67-60-33-17-13-31-56(60)58-42-41-49(43-64(58)67)68-61-34-18-16-32-57(61)59-44-53(45-65(66(59)68)69-62-35-19-14-29-54(62)55-30-15-20-36-63(55)69)70(50-23-7-2-8-24-50,51-25-9-3-10-26-51)52-27-11-4-12-28-52/h1-45H. The molecular formula is C66H45N3Si. The van der Waals surface area contributed by atoms with Crippen LogP contribution in [-0.4, -0.2) is 21.8 Å². The molecule has 328 valence electrons. The summed E-state index contributed by atoms with van der Waals surface area (Å²) in [6.45, 7) is 0. The highest BCUT2D eigenvalue weighted by Crippen LogP contribution is 2.41. The van der Waals surface area contributed by atoms with Crippen LogP contribution in [0, 0.1) is 0 Å². The van der Waals surface area contributed by atoms with Crippen molar-refractivity contribution in [2.45, 2.75) is 0 Å². The maximum absolute atomic E-state index is 3.01. The van der Waals surface area contributed by atoms with Crippen molar-refractivity contribution in [1.29, 1.82) is 0 Å². The summed E-state index contributed by atoms with van der Waals surface area (Å²) in [5.74, 6) is 0. The smallest absolute Gasteiger partial charge is 0.179 e. The van der Waals surface area contributed by atoms with Gasteiger partial charge in [0, 0.05) is 43.7 Å². The van der Waals surface area contributed by atoms with Gasteiger partial charge in [-0.25, -0.2) is 0 Å². The molecule has 0 bridgehead atoms. The lowest BCUT2D eigenvalue weighted by Crippen LogP contribution is -2.74. The lowest BCUT2D eigenvalue weighted by atomic mass is 10.1. The average Bonchev–Trinajstić information content (AvgIpc) is 4.08. The van der Waals surface area contributed by atoms with E-state index in [9.17, 15) is 0 Å². The van der Waals surface area contributed by atoms with Gasteiger partial charge in [-0.2, -0.15) is 0 Å². The molecule has 3 nitrogen and oxygen atoms in total. The predicted octanol–water partition coefficient (Wildman–Crippen LogP) is 14.0. The molecular weight excluding hydrogens is 863 g/mol. The maximum atomic E-state index is 2.57. The SMILES string of the molecule is c1ccc(-c2ccc(-n3c4ccccc4c4ccc(-n5c6ccccc6c6cc([Si](c7ccccc7)(c7ccccc7)c7ccccc7)cc(-n7c8ccccc8c8ccccc87)c65)cc43)cc2)cc1. The summed E-state index contributed by atoms with van der Waals surface area (Å²) >= 11 is 0. The van der Waals surface area contributed by atoms with Crippen molar-refractivity contribution in [2.24, 2.45) is 0 Å². The van der Waals surface area contributed by atoms with Crippen molar-refractivity contribution in [3.05, 3.63) is 273 Å². The van der Waals surface area contributed by atoms with Gasteiger partial charge >= 0.3 is 0 Å². The fourth-order valence-corrected chi connectivity index (χ4v) is 16.6. The van der Waals surface area contributed by atoms with Crippen LogP contribution in [0.5, 0.6) is 0 Å². The summed E-state index contributed by atoms with van der Waals surface area (Å²) in [6, 6.07) is 102. The zero-order chi connectivity index (χ0) is 46.2. The number of aromatic nitrogens is 3. The third kappa shape index (κ3) is 6.00. The minimum atomic E-state index is -3.01. The van der Waals surface area contributed by atoms with Gasteiger partial charge in [0.15, 0.2) is 8.07 Å². The lowest BCUT2D eigenvalue weighted by Gasteiger charge is -2.35. The first-order valence-corrected chi connectivity index (χ1v) is 26.2. The Morgan fingerprint density at radius 1 is 0.229 bits per heavy atom. The highest BCUT2D eigenvalue weighted by molar-refractivity contribution is 7.20. The van der Waals surface area contributed by atoms with E-state index >= 15 is 0 Å². The highest BCUT2D eigenvalue weighted by atomic mass is 28.3. The van der Waals surface area contributed by atoms with Crippen LogP contribution in [0.2, 0.25) is 0 Å². The molecule has 0 amide bonds. The first-order valence-electron chi connectivity index (χ1n) is 24.2. The zero-order valence-electron chi connectivity index (χ0n) is 38.3. The Balaban J connectivity index is 1.12. The molecule has 0 aliphatic heterocycles. The van der Waals surface area contributed by atoms with E-state index in [-0.39, 0.29) is 0 Å². The zero-order valence-corrected chi connectivity index (χ0v) is 39.3. The highest BCUT2D eigenvalue weighted by Gasteiger charge is 2.42. The Labute approximate surface area is 407 Å². The minimum absolute atomic E-state index is 1.11. The molecule has 0 N–H and O–H groups in total. The fourth-order valence-electron chi connectivity index (χ4n) is 11.8. The number of para-hydroxylation sites is 4.